The van der Waals surface area contributed by atoms with Crippen molar-refractivity contribution in [1.82, 2.24) is 0 Å². The molecule has 0 aliphatic rings. The molecule has 4 nitrogen and oxygen atoms in total. The third-order valence-electron chi connectivity index (χ3n) is 2.36. The smallest absolute Gasteiger partial charge is 0.328 e. The molecule has 0 fully saturated rings. The van der Waals surface area contributed by atoms with E-state index >= 15 is 0 Å². The van der Waals surface area contributed by atoms with Gasteiger partial charge in [0.05, 0.1) is 0 Å². The second kappa shape index (κ2) is 5.84. The van der Waals surface area contributed by atoms with Gasteiger partial charge in [-0.05, 0) is 25.5 Å². The van der Waals surface area contributed by atoms with E-state index in [0.717, 1.165) is 23.4 Å². The average molecular weight is 233 g/mol. The summed E-state index contributed by atoms with van der Waals surface area (Å²) in [5, 5.41) is 8.48. The van der Waals surface area contributed by atoms with Crippen LogP contribution in [-0.4, -0.2) is 23.5 Å². The molecule has 1 aromatic rings. The minimum absolute atomic E-state index is 0.329. The summed E-state index contributed by atoms with van der Waals surface area (Å²) in [6, 6.07) is 7.49. The molecule has 0 aromatic heterocycles. The number of hydrogen-bond acceptors (Lipinski definition) is 2. The van der Waals surface area contributed by atoms with Crippen molar-refractivity contribution in [3.8, 4) is 0 Å². The largest absolute Gasteiger partial charge is 0.478 e. The Morgan fingerprint density at radius 2 is 1.94 bits per heavy atom. The molecule has 0 atom stereocenters. The zero-order chi connectivity index (χ0) is 12.8. The molecule has 17 heavy (non-hydrogen) atoms. The quantitative estimate of drug-likeness (QED) is 0.809. The van der Waals surface area contributed by atoms with Gasteiger partial charge in [0.15, 0.2) is 0 Å². The second-order valence-corrected chi connectivity index (χ2v) is 3.54. The molecule has 0 radical (unpaired) electrons. The van der Waals surface area contributed by atoms with E-state index in [-0.39, 0.29) is 5.91 Å². The molecule has 0 aliphatic carbocycles. The maximum Gasteiger partial charge on any atom is 0.328 e. The monoisotopic (exact) mass is 233 g/mol. The number of carboxylic acids is 1. The van der Waals surface area contributed by atoms with Crippen LogP contribution in [0.5, 0.6) is 0 Å². The third-order valence-corrected chi connectivity index (χ3v) is 2.36. The van der Waals surface area contributed by atoms with Crippen LogP contribution in [0.3, 0.4) is 0 Å². The third kappa shape index (κ3) is 3.45. The Labute approximate surface area is 100 Å². The molecule has 1 amide bonds. The number of aryl methyl sites for hydroxylation is 1. The Balaban J connectivity index is 2.96. The van der Waals surface area contributed by atoms with Gasteiger partial charge in [-0.2, -0.15) is 0 Å². The first-order valence-corrected chi connectivity index (χ1v) is 5.34. The lowest BCUT2D eigenvalue weighted by atomic mass is 10.2. The summed E-state index contributed by atoms with van der Waals surface area (Å²) in [6.45, 7) is 4.25. The summed E-state index contributed by atoms with van der Waals surface area (Å²) in [7, 11) is 0. The molecule has 0 heterocycles. The highest BCUT2D eigenvalue weighted by molar-refractivity contribution is 6.04. The summed E-state index contributed by atoms with van der Waals surface area (Å²) in [4.78, 5) is 23.7. The highest BCUT2D eigenvalue weighted by Gasteiger charge is 2.12. The van der Waals surface area contributed by atoms with Gasteiger partial charge >= 0.3 is 5.97 Å². The Bertz CT molecular complexity index is 452. The van der Waals surface area contributed by atoms with Gasteiger partial charge < -0.3 is 10.0 Å². The highest BCUT2D eigenvalue weighted by atomic mass is 16.4. The van der Waals surface area contributed by atoms with Crippen molar-refractivity contribution in [2.45, 2.75) is 13.8 Å². The lowest BCUT2D eigenvalue weighted by Crippen LogP contribution is -2.29. The molecular formula is C13H15NO3. The second-order valence-electron chi connectivity index (χ2n) is 3.54. The van der Waals surface area contributed by atoms with Gasteiger partial charge in [-0.1, -0.05) is 18.2 Å². The molecule has 1 N–H and O–H groups in total. The number of carbonyl (C=O) groups excluding carboxylic acids is 1. The average Bonchev–Trinajstić information content (AvgIpc) is 2.30. The fraction of sp³-hybridized carbons (Fsp3) is 0.231. The van der Waals surface area contributed by atoms with Gasteiger partial charge in [-0.15, -0.1) is 0 Å². The number of likely N-dealkylation sites (N-methyl/N-ethyl adjacent to an activating group) is 1. The number of carbonyl (C=O) groups is 2. The Morgan fingerprint density at radius 1 is 1.29 bits per heavy atom. The molecule has 1 rings (SSSR count). The zero-order valence-electron chi connectivity index (χ0n) is 9.88. The van der Waals surface area contributed by atoms with Gasteiger partial charge in [0.2, 0.25) is 0 Å². The molecule has 0 aliphatic heterocycles. The first-order valence-electron chi connectivity index (χ1n) is 5.34. The van der Waals surface area contributed by atoms with Crippen molar-refractivity contribution in [1.29, 1.82) is 0 Å². The van der Waals surface area contributed by atoms with Crippen molar-refractivity contribution < 1.29 is 14.7 Å². The number of carboxylic acid groups (broad SMARTS) is 1. The van der Waals surface area contributed by atoms with Crippen LogP contribution >= 0.6 is 0 Å². The molecule has 0 unspecified atom stereocenters. The predicted octanol–water partition coefficient (Wildman–Crippen LogP) is 1.99. The van der Waals surface area contributed by atoms with Crippen LogP contribution in [0.25, 0.3) is 0 Å². The zero-order valence-corrected chi connectivity index (χ0v) is 9.88. The van der Waals surface area contributed by atoms with E-state index in [1.165, 1.54) is 4.90 Å². The number of para-hydroxylation sites is 1. The molecule has 1 aromatic carbocycles. The van der Waals surface area contributed by atoms with Crippen molar-refractivity contribution in [3.63, 3.8) is 0 Å². The van der Waals surface area contributed by atoms with Crippen LogP contribution in [0.2, 0.25) is 0 Å². The fourth-order valence-electron chi connectivity index (χ4n) is 1.54. The maximum atomic E-state index is 11.8. The number of anilines is 1. The Morgan fingerprint density at radius 3 is 2.47 bits per heavy atom. The molecule has 0 saturated heterocycles. The van der Waals surface area contributed by atoms with Crippen molar-refractivity contribution >= 4 is 17.6 Å². The van der Waals surface area contributed by atoms with Crippen molar-refractivity contribution in [2.24, 2.45) is 0 Å². The van der Waals surface area contributed by atoms with E-state index in [9.17, 15) is 9.59 Å². The van der Waals surface area contributed by atoms with Crippen LogP contribution in [0.4, 0.5) is 5.69 Å². The maximum absolute atomic E-state index is 11.8. The van der Waals surface area contributed by atoms with Gasteiger partial charge in [0.1, 0.15) is 0 Å². The molecule has 90 valence electrons. The number of aliphatic carboxylic acids is 1. The predicted molar refractivity (Wildman–Crippen MR) is 66.0 cm³/mol. The van der Waals surface area contributed by atoms with Crippen LogP contribution < -0.4 is 4.90 Å². The van der Waals surface area contributed by atoms with Crippen LogP contribution in [-0.2, 0) is 9.59 Å². The first kappa shape index (κ1) is 13.0. The minimum Gasteiger partial charge on any atom is -0.478 e. The van der Waals surface area contributed by atoms with E-state index in [2.05, 4.69) is 0 Å². The summed E-state index contributed by atoms with van der Waals surface area (Å²) >= 11 is 0. The van der Waals surface area contributed by atoms with Crippen LogP contribution in [0.1, 0.15) is 12.5 Å². The van der Waals surface area contributed by atoms with Gasteiger partial charge in [0, 0.05) is 24.4 Å². The normalized spacial score (nSPS) is 10.5. The van der Waals surface area contributed by atoms with Gasteiger partial charge in [-0.25, -0.2) is 4.79 Å². The molecule has 4 heteroatoms. The van der Waals surface area contributed by atoms with Crippen molar-refractivity contribution in [2.75, 3.05) is 11.4 Å². The summed E-state index contributed by atoms with van der Waals surface area (Å²) in [6.07, 6.45) is 1.92. The summed E-state index contributed by atoms with van der Waals surface area (Å²) in [5.41, 5.74) is 1.78. The van der Waals surface area contributed by atoms with E-state index in [1.807, 2.05) is 38.1 Å². The SMILES string of the molecule is CCN(C(=O)C=CC(=O)O)c1ccccc1C. The number of hydrogen-bond donors (Lipinski definition) is 1. The number of nitrogens with zero attached hydrogens (tertiary/aromatic N) is 1. The van der Waals surface area contributed by atoms with E-state index in [0.29, 0.717) is 6.54 Å². The van der Waals surface area contributed by atoms with Gasteiger partial charge in [-0.3, -0.25) is 4.79 Å². The van der Waals surface area contributed by atoms with E-state index in [1.54, 1.807) is 0 Å². The van der Waals surface area contributed by atoms with Crippen molar-refractivity contribution in [3.05, 3.63) is 42.0 Å². The Hall–Kier alpha value is -2.10. The first-order chi connectivity index (χ1) is 8.06. The topological polar surface area (TPSA) is 57.6 Å². The van der Waals surface area contributed by atoms with Crippen LogP contribution in [0.15, 0.2) is 36.4 Å². The standard InChI is InChI=1S/C13H15NO3/c1-3-14(12(15)8-9-13(16)17)11-7-5-4-6-10(11)2/h4-9H,3H2,1-2H3,(H,16,17). The highest BCUT2D eigenvalue weighted by Crippen LogP contribution is 2.19. The van der Waals surface area contributed by atoms with Crippen LogP contribution in [0, 0.1) is 6.92 Å². The molecule has 0 spiro atoms. The fourth-order valence-corrected chi connectivity index (χ4v) is 1.54. The molecular weight excluding hydrogens is 218 g/mol. The summed E-state index contributed by atoms with van der Waals surface area (Å²) in [5.74, 6) is -1.46. The lowest BCUT2D eigenvalue weighted by molar-refractivity contribution is -0.131. The van der Waals surface area contributed by atoms with Gasteiger partial charge in [0.25, 0.3) is 5.91 Å². The number of amides is 1. The summed E-state index contributed by atoms with van der Waals surface area (Å²) < 4.78 is 0. The Kier molecular flexibility index (Phi) is 4.46. The number of benzene rings is 1. The lowest BCUT2D eigenvalue weighted by Gasteiger charge is -2.21. The molecule has 0 bridgehead atoms. The van der Waals surface area contributed by atoms with E-state index in [4.69, 9.17) is 5.11 Å². The number of rotatable bonds is 4. The minimum atomic E-state index is -1.13. The van der Waals surface area contributed by atoms with E-state index < -0.39 is 5.97 Å². The molecule has 0 saturated carbocycles.